The van der Waals surface area contributed by atoms with Gasteiger partial charge in [-0.2, -0.15) is 0 Å². The highest BCUT2D eigenvalue weighted by Gasteiger charge is 2.20. The van der Waals surface area contributed by atoms with Gasteiger partial charge in [0.1, 0.15) is 15.5 Å². The second kappa shape index (κ2) is 7.02. The van der Waals surface area contributed by atoms with Crippen molar-refractivity contribution in [1.29, 1.82) is 0 Å². The van der Waals surface area contributed by atoms with E-state index in [4.69, 9.17) is 10.5 Å². The first-order valence-electron chi connectivity index (χ1n) is 8.60. The van der Waals surface area contributed by atoms with Gasteiger partial charge in [0.05, 0.1) is 35.0 Å². The summed E-state index contributed by atoms with van der Waals surface area (Å²) in [5.74, 6) is -0.246. The van der Waals surface area contributed by atoms with Crippen LogP contribution >= 0.6 is 11.3 Å². The van der Waals surface area contributed by atoms with E-state index in [1.807, 2.05) is 31.2 Å². The van der Waals surface area contributed by atoms with E-state index in [0.29, 0.717) is 26.5 Å². The molecule has 0 radical (unpaired) electrons. The predicted octanol–water partition coefficient (Wildman–Crippen LogP) is 4.51. The lowest BCUT2D eigenvalue weighted by Crippen LogP contribution is -2.12. The molecule has 1 amide bonds. The van der Waals surface area contributed by atoms with E-state index in [1.165, 1.54) is 36.6 Å². The minimum Gasteiger partial charge on any atom is -0.494 e. The maximum absolute atomic E-state index is 12.8. The Morgan fingerprint density at radius 3 is 2.76 bits per heavy atom. The Labute approximate surface area is 169 Å². The number of nitrogens with two attached hydrogens (primary N) is 1. The number of aryl methyl sites for hydroxylation is 1. The van der Waals surface area contributed by atoms with Gasteiger partial charge in [-0.15, -0.1) is 11.3 Å². The number of methoxy groups -OCH3 is 1. The van der Waals surface area contributed by atoms with Crippen molar-refractivity contribution in [1.82, 2.24) is 4.98 Å². The lowest BCUT2D eigenvalue weighted by atomic mass is 10.1. The van der Waals surface area contributed by atoms with Crippen LogP contribution in [0.25, 0.3) is 21.1 Å². The van der Waals surface area contributed by atoms with Crippen molar-refractivity contribution >= 4 is 55.4 Å². The van der Waals surface area contributed by atoms with Crippen LogP contribution in [0, 0.1) is 17.0 Å². The van der Waals surface area contributed by atoms with Crippen LogP contribution in [0.3, 0.4) is 0 Å². The first kappa shape index (κ1) is 18.6. The van der Waals surface area contributed by atoms with Crippen LogP contribution in [0.15, 0.2) is 42.5 Å². The number of carbonyl (C=O) groups is 1. The third kappa shape index (κ3) is 3.32. The molecule has 8 nitrogen and oxygen atoms in total. The number of anilines is 2. The molecular formula is C20H16N4O4S. The Balaban J connectivity index is 1.73. The molecule has 2 aromatic carbocycles. The molecule has 2 heterocycles. The molecule has 4 aromatic rings. The SMILES string of the molecule is COc1cc([N+](=O)[O-])ccc1NC(=O)c1sc2nc3ccc(C)cc3cc2c1N. The number of nitrogens with zero attached hydrogens (tertiary/aromatic N) is 2. The first-order valence-corrected chi connectivity index (χ1v) is 9.42. The van der Waals surface area contributed by atoms with E-state index in [2.05, 4.69) is 10.3 Å². The number of fused-ring (bicyclic) bond motifs is 2. The van der Waals surface area contributed by atoms with Gasteiger partial charge in [0.15, 0.2) is 0 Å². The summed E-state index contributed by atoms with van der Waals surface area (Å²) >= 11 is 1.19. The first-order chi connectivity index (χ1) is 13.9. The average Bonchev–Trinajstić information content (AvgIpc) is 3.02. The van der Waals surface area contributed by atoms with Crippen LogP contribution in [0.2, 0.25) is 0 Å². The van der Waals surface area contributed by atoms with Crippen LogP contribution in [-0.2, 0) is 0 Å². The maximum atomic E-state index is 12.8. The van der Waals surface area contributed by atoms with Crippen LogP contribution in [-0.4, -0.2) is 22.9 Å². The van der Waals surface area contributed by atoms with E-state index >= 15 is 0 Å². The number of carbonyl (C=O) groups excluding carboxylic acids is 1. The molecule has 0 aliphatic carbocycles. The van der Waals surface area contributed by atoms with Crippen molar-refractivity contribution in [2.75, 3.05) is 18.2 Å². The van der Waals surface area contributed by atoms with Gasteiger partial charge >= 0.3 is 0 Å². The molecule has 0 bridgehead atoms. The summed E-state index contributed by atoms with van der Waals surface area (Å²) in [4.78, 5) is 28.8. The number of rotatable bonds is 4. The van der Waals surface area contributed by atoms with Gasteiger partial charge in [-0.3, -0.25) is 14.9 Å². The van der Waals surface area contributed by atoms with Gasteiger partial charge in [0, 0.05) is 16.8 Å². The molecular weight excluding hydrogens is 392 g/mol. The summed E-state index contributed by atoms with van der Waals surface area (Å²) in [6.07, 6.45) is 0. The molecule has 9 heteroatoms. The Morgan fingerprint density at radius 1 is 1.24 bits per heavy atom. The zero-order chi connectivity index (χ0) is 20.7. The number of ether oxygens (including phenoxy) is 1. The number of non-ortho nitro benzene ring substituents is 1. The number of amides is 1. The van der Waals surface area contributed by atoms with Gasteiger partial charge in [0.25, 0.3) is 11.6 Å². The van der Waals surface area contributed by atoms with Crippen molar-refractivity contribution in [2.24, 2.45) is 0 Å². The summed E-state index contributed by atoms with van der Waals surface area (Å²) in [5, 5.41) is 15.3. The van der Waals surface area contributed by atoms with Gasteiger partial charge in [-0.1, -0.05) is 11.6 Å². The predicted molar refractivity (Wildman–Crippen MR) is 114 cm³/mol. The highest BCUT2D eigenvalue weighted by molar-refractivity contribution is 7.21. The number of nitrogen functional groups attached to an aromatic ring is 1. The Hall–Kier alpha value is -3.72. The van der Waals surface area contributed by atoms with Crippen molar-refractivity contribution in [3.63, 3.8) is 0 Å². The number of benzene rings is 2. The molecule has 0 saturated heterocycles. The van der Waals surface area contributed by atoms with Crippen LogP contribution < -0.4 is 15.8 Å². The van der Waals surface area contributed by atoms with Gasteiger partial charge in [-0.05, 0) is 31.2 Å². The molecule has 29 heavy (non-hydrogen) atoms. The topological polar surface area (TPSA) is 120 Å². The zero-order valence-corrected chi connectivity index (χ0v) is 16.4. The van der Waals surface area contributed by atoms with E-state index < -0.39 is 10.8 Å². The fourth-order valence-electron chi connectivity index (χ4n) is 3.07. The van der Waals surface area contributed by atoms with E-state index in [1.54, 1.807) is 0 Å². The standard InChI is InChI=1S/C20H16N4O4S/c1-10-3-5-14-11(7-10)8-13-17(21)18(29-20(13)23-14)19(25)22-15-6-4-12(24(26)27)9-16(15)28-2/h3-9H,21H2,1-2H3,(H,22,25). The van der Waals surface area contributed by atoms with Gasteiger partial charge in [0.2, 0.25) is 0 Å². The molecule has 0 unspecified atom stereocenters. The number of thiophene rings is 1. The molecule has 0 spiro atoms. The smallest absolute Gasteiger partial charge is 0.273 e. The third-order valence-electron chi connectivity index (χ3n) is 4.52. The molecule has 0 fully saturated rings. The number of pyridine rings is 1. The molecule has 4 rings (SSSR count). The Morgan fingerprint density at radius 2 is 2.03 bits per heavy atom. The second-order valence-corrected chi connectivity index (χ2v) is 7.48. The van der Waals surface area contributed by atoms with Gasteiger partial charge in [-0.25, -0.2) is 4.98 Å². The zero-order valence-electron chi connectivity index (χ0n) is 15.6. The number of nitrogens with one attached hydrogen (secondary N) is 1. The third-order valence-corrected chi connectivity index (χ3v) is 5.63. The fourth-order valence-corrected chi connectivity index (χ4v) is 4.05. The average molecular weight is 408 g/mol. The molecule has 0 aliphatic rings. The number of aromatic nitrogens is 1. The maximum Gasteiger partial charge on any atom is 0.273 e. The van der Waals surface area contributed by atoms with Gasteiger partial charge < -0.3 is 15.8 Å². The minimum absolute atomic E-state index is 0.132. The highest BCUT2D eigenvalue weighted by Crippen LogP contribution is 2.36. The highest BCUT2D eigenvalue weighted by atomic mass is 32.1. The second-order valence-electron chi connectivity index (χ2n) is 6.48. The summed E-state index contributed by atoms with van der Waals surface area (Å²) in [7, 11) is 1.37. The van der Waals surface area contributed by atoms with Crippen molar-refractivity contribution in [3.8, 4) is 5.75 Å². The number of hydrogen-bond donors (Lipinski definition) is 2. The largest absolute Gasteiger partial charge is 0.494 e. The van der Waals surface area contributed by atoms with E-state index in [9.17, 15) is 14.9 Å². The van der Waals surface area contributed by atoms with Crippen molar-refractivity contribution < 1.29 is 14.5 Å². The van der Waals surface area contributed by atoms with E-state index in [-0.39, 0.29) is 11.4 Å². The number of nitro benzene ring substituents is 1. The number of nitro groups is 1. The molecule has 3 N–H and O–H groups in total. The lowest BCUT2D eigenvalue weighted by molar-refractivity contribution is -0.384. The fraction of sp³-hybridized carbons (Fsp3) is 0.100. The number of hydrogen-bond acceptors (Lipinski definition) is 7. The molecule has 146 valence electrons. The van der Waals surface area contributed by atoms with E-state index in [0.717, 1.165) is 16.5 Å². The summed E-state index contributed by atoms with van der Waals surface area (Å²) in [6.45, 7) is 2.00. The molecule has 0 saturated carbocycles. The molecule has 2 aromatic heterocycles. The van der Waals surface area contributed by atoms with Crippen LogP contribution in [0.4, 0.5) is 17.1 Å². The Kier molecular flexibility index (Phi) is 4.51. The lowest BCUT2D eigenvalue weighted by Gasteiger charge is -2.09. The summed E-state index contributed by atoms with van der Waals surface area (Å²) in [5.41, 5.74) is 8.71. The summed E-state index contributed by atoms with van der Waals surface area (Å²) < 4.78 is 5.17. The summed E-state index contributed by atoms with van der Waals surface area (Å²) in [6, 6.07) is 11.8. The Bertz CT molecular complexity index is 1300. The monoisotopic (exact) mass is 408 g/mol. The molecule has 0 atom stereocenters. The van der Waals surface area contributed by atoms with Crippen LogP contribution in [0.1, 0.15) is 15.2 Å². The molecule has 0 aliphatic heterocycles. The normalized spacial score (nSPS) is 11.0. The van der Waals surface area contributed by atoms with Crippen molar-refractivity contribution in [2.45, 2.75) is 6.92 Å². The van der Waals surface area contributed by atoms with Crippen LogP contribution in [0.5, 0.6) is 5.75 Å². The van der Waals surface area contributed by atoms with Crippen molar-refractivity contribution in [3.05, 3.63) is 63.0 Å². The quantitative estimate of drug-likeness (QED) is 0.379. The minimum atomic E-state index is -0.532.